The minimum Gasteiger partial charge on any atom is -0.376 e. The van der Waals surface area contributed by atoms with Crippen molar-refractivity contribution in [2.75, 3.05) is 32.8 Å². The zero-order valence-electron chi connectivity index (χ0n) is 17.7. The maximum Gasteiger partial charge on any atom is 0.194 e. The molecule has 1 unspecified atom stereocenters. The maximum atomic E-state index is 6.14. The highest BCUT2D eigenvalue weighted by atomic mass is 32.1. The molecule has 0 aromatic carbocycles. The zero-order chi connectivity index (χ0) is 19.8. The summed E-state index contributed by atoms with van der Waals surface area (Å²) in [6.45, 7) is 11.6. The van der Waals surface area contributed by atoms with Gasteiger partial charge in [-0.25, -0.2) is 9.98 Å². The van der Waals surface area contributed by atoms with E-state index in [-0.39, 0.29) is 0 Å². The van der Waals surface area contributed by atoms with Crippen LogP contribution < -0.4 is 5.32 Å². The third kappa shape index (κ3) is 6.42. The molecule has 0 amide bonds. The number of rotatable bonds is 7. The summed E-state index contributed by atoms with van der Waals surface area (Å²) in [5.74, 6) is 1.48. The minimum absolute atomic E-state index is 0.305. The van der Waals surface area contributed by atoms with Gasteiger partial charge in [0.05, 0.1) is 36.1 Å². The van der Waals surface area contributed by atoms with Crippen molar-refractivity contribution < 1.29 is 9.47 Å². The summed E-state index contributed by atoms with van der Waals surface area (Å²) in [4.78, 5) is 11.9. The average Bonchev–Trinajstić information content (AvgIpc) is 3.20. The van der Waals surface area contributed by atoms with Crippen LogP contribution in [-0.2, 0) is 16.0 Å². The minimum atomic E-state index is 0.305. The number of aromatic nitrogens is 1. The molecule has 2 aliphatic rings. The number of hydrogen-bond donors (Lipinski definition) is 1. The molecule has 7 heteroatoms. The average molecular weight is 409 g/mol. The van der Waals surface area contributed by atoms with Crippen molar-refractivity contribution in [2.45, 2.75) is 77.5 Å². The standard InChI is InChI=1S/C21H36N4O2S/c1-4-22-21(23-13-17-15-28-20(24-17)16(2)3)25-10-8-18(9-11-25)27-14-19-7-5-6-12-26-19/h15-16,18-19H,4-14H2,1-3H3,(H,22,23). The van der Waals surface area contributed by atoms with E-state index in [0.717, 1.165) is 63.8 Å². The molecular formula is C21H36N4O2S. The molecule has 1 aromatic heterocycles. The highest BCUT2D eigenvalue weighted by Crippen LogP contribution is 2.20. The molecule has 2 saturated heterocycles. The fourth-order valence-corrected chi connectivity index (χ4v) is 4.48. The number of guanidine groups is 1. The highest BCUT2D eigenvalue weighted by Gasteiger charge is 2.23. The van der Waals surface area contributed by atoms with Crippen molar-refractivity contribution in [3.63, 3.8) is 0 Å². The number of ether oxygens (including phenoxy) is 2. The number of nitrogens with one attached hydrogen (secondary N) is 1. The van der Waals surface area contributed by atoms with Gasteiger partial charge in [-0.15, -0.1) is 11.3 Å². The lowest BCUT2D eigenvalue weighted by atomic mass is 10.1. The smallest absolute Gasteiger partial charge is 0.194 e. The van der Waals surface area contributed by atoms with Crippen LogP contribution in [0.1, 0.15) is 69.5 Å². The van der Waals surface area contributed by atoms with E-state index in [1.807, 2.05) is 0 Å². The molecule has 1 atom stereocenters. The van der Waals surface area contributed by atoms with Gasteiger partial charge in [0.25, 0.3) is 0 Å². The van der Waals surface area contributed by atoms with Gasteiger partial charge in [0.2, 0.25) is 0 Å². The fourth-order valence-electron chi connectivity index (χ4n) is 3.66. The summed E-state index contributed by atoms with van der Waals surface area (Å²) < 4.78 is 11.9. The van der Waals surface area contributed by atoms with E-state index in [1.54, 1.807) is 11.3 Å². The van der Waals surface area contributed by atoms with Gasteiger partial charge in [-0.05, 0) is 39.0 Å². The first-order chi connectivity index (χ1) is 13.7. The molecule has 0 aliphatic carbocycles. The first-order valence-corrected chi connectivity index (χ1v) is 11.7. The Morgan fingerprint density at radius 1 is 1.36 bits per heavy atom. The van der Waals surface area contributed by atoms with Crippen LogP contribution in [0, 0.1) is 0 Å². The summed E-state index contributed by atoms with van der Waals surface area (Å²) in [5, 5.41) is 6.77. The Kier molecular flexibility index (Phi) is 8.55. The van der Waals surface area contributed by atoms with Crippen LogP contribution in [0.15, 0.2) is 10.4 Å². The molecule has 6 nitrogen and oxygen atoms in total. The van der Waals surface area contributed by atoms with Gasteiger partial charge < -0.3 is 19.7 Å². The molecule has 0 radical (unpaired) electrons. The third-order valence-electron chi connectivity index (χ3n) is 5.32. The largest absolute Gasteiger partial charge is 0.376 e. The molecule has 3 heterocycles. The van der Waals surface area contributed by atoms with E-state index in [1.165, 1.54) is 17.8 Å². The Hall–Kier alpha value is -1.18. The summed E-state index contributed by atoms with van der Waals surface area (Å²) in [6, 6.07) is 0. The lowest BCUT2D eigenvalue weighted by molar-refractivity contribution is -0.0721. The molecular weight excluding hydrogens is 372 g/mol. The van der Waals surface area contributed by atoms with E-state index in [9.17, 15) is 0 Å². The van der Waals surface area contributed by atoms with Crippen LogP contribution in [0.2, 0.25) is 0 Å². The second-order valence-corrected chi connectivity index (χ2v) is 8.90. The molecule has 2 aliphatic heterocycles. The van der Waals surface area contributed by atoms with Gasteiger partial charge in [-0.1, -0.05) is 13.8 Å². The maximum absolute atomic E-state index is 6.14. The van der Waals surface area contributed by atoms with Gasteiger partial charge in [0.1, 0.15) is 0 Å². The number of aliphatic imine (C=N–C) groups is 1. The van der Waals surface area contributed by atoms with Crippen LogP contribution in [0.25, 0.3) is 0 Å². The molecule has 2 fully saturated rings. The summed E-state index contributed by atoms with van der Waals surface area (Å²) in [5.41, 5.74) is 1.06. The summed E-state index contributed by atoms with van der Waals surface area (Å²) >= 11 is 1.73. The van der Waals surface area contributed by atoms with E-state index in [0.29, 0.717) is 24.7 Å². The summed E-state index contributed by atoms with van der Waals surface area (Å²) in [7, 11) is 0. The Morgan fingerprint density at radius 2 is 2.18 bits per heavy atom. The van der Waals surface area contributed by atoms with Crippen molar-refractivity contribution in [3.8, 4) is 0 Å². The Labute approximate surface area is 173 Å². The molecule has 3 rings (SSSR count). The number of thiazole rings is 1. The molecule has 0 saturated carbocycles. The van der Waals surface area contributed by atoms with Crippen molar-refractivity contribution in [2.24, 2.45) is 4.99 Å². The van der Waals surface area contributed by atoms with Gasteiger partial charge in [-0.3, -0.25) is 0 Å². The van der Waals surface area contributed by atoms with Crippen LogP contribution in [-0.4, -0.2) is 60.9 Å². The van der Waals surface area contributed by atoms with Gasteiger partial charge in [0.15, 0.2) is 5.96 Å². The zero-order valence-corrected chi connectivity index (χ0v) is 18.5. The van der Waals surface area contributed by atoms with E-state index < -0.39 is 0 Å². The first-order valence-electron chi connectivity index (χ1n) is 10.9. The van der Waals surface area contributed by atoms with Crippen molar-refractivity contribution in [3.05, 3.63) is 16.1 Å². The lowest BCUT2D eigenvalue weighted by Gasteiger charge is -2.35. The molecule has 1 aromatic rings. The fraction of sp³-hybridized carbons (Fsp3) is 0.810. The van der Waals surface area contributed by atoms with E-state index in [4.69, 9.17) is 19.5 Å². The predicted molar refractivity (Wildman–Crippen MR) is 115 cm³/mol. The van der Waals surface area contributed by atoms with E-state index >= 15 is 0 Å². The number of likely N-dealkylation sites (tertiary alicyclic amines) is 1. The highest BCUT2D eigenvalue weighted by molar-refractivity contribution is 7.09. The molecule has 0 bridgehead atoms. The number of hydrogen-bond acceptors (Lipinski definition) is 5. The number of piperidine rings is 1. The van der Waals surface area contributed by atoms with Crippen molar-refractivity contribution in [1.82, 2.24) is 15.2 Å². The van der Waals surface area contributed by atoms with Crippen molar-refractivity contribution in [1.29, 1.82) is 0 Å². The Morgan fingerprint density at radius 3 is 2.82 bits per heavy atom. The van der Waals surface area contributed by atoms with Crippen LogP contribution in [0.3, 0.4) is 0 Å². The molecule has 28 heavy (non-hydrogen) atoms. The molecule has 158 valence electrons. The first kappa shape index (κ1) is 21.5. The topological polar surface area (TPSA) is 59.0 Å². The van der Waals surface area contributed by atoms with Gasteiger partial charge >= 0.3 is 0 Å². The third-order valence-corrected chi connectivity index (χ3v) is 6.52. The predicted octanol–water partition coefficient (Wildman–Crippen LogP) is 3.78. The van der Waals surface area contributed by atoms with Crippen LogP contribution in [0.5, 0.6) is 0 Å². The Bertz CT molecular complexity index is 605. The molecule has 0 spiro atoms. The summed E-state index contributed by atoms with van der Waals surface area (Å²) in [6.07, 6.45) is 6.35. The van der Waals surface area contributed by atoms with Crippen LogP contribution >= 0.6 is 11.3 Å². The Balaban J connectivity index is 1.46. The van der Waals surface area contributed by atoms with Gasteiger partial charge in [0, 0.05) is 37.5 Å². The second kappa shape index (κ2) is 11.1. The second-order valence-electron chi connectivity index (χ2n) is 8.01. The van der Waals surface area contributed by atoms with Crippen molar-refractivity contribution >= 4 is 17.3 Å². The number of nitrogens with zero attached hydrogens (tertiary/aromatic N) is 3. The monoisotopic (exact) mass is 408 g/mol. The molecule has 1 N–H and O–H groups in total. The normalized spacial score (nSPS) is 22.1. The van der Waals surface area contributed by atoms with Crippen LogP contribution in [0.4, 0.5) is 0 Å². The lowest BCUT2D eigenvalue weighted by Crippen LogP contribution is -2.47. The SMILES string of the molecule is CCNC(=NCc1csc(C(C)C)n1)N1CCC(OCC2CCCCO2)CC1. The van der Waals surface area contributed by atoms with E-state index in [2.05, 4.69) is 36.4 Å². The van der Waals surface area contributed by atoms with Gasteiger partial charge in [-0.2, -0.15) is 0 Å². The quantitative estimate of drug-likeness (QED) is 0.550.